The number of aromatic nitrogens is 1. The number of hydrogen-bond acceptors (Lipinski definition) is 29. The molecule has 0 radical (unpaired) electrons. The molecule has 0 atom stereocenters. The summed E-state index contributed by atoms with van der Waals surface area (Å²) in [7, 11) is -0.699. The van der Waals surface area contributed by atoms with Gasteiger partial charge in [0, 0.05) is 120 Å². The number of allylic oxidation sites excluding steroid dienone is 1. The topological polar surface area (TPSA) is 458 Å². The number of aromatic hydroxyl groups is 5. The van der Waals surface area contributed by atoms with Crippen LogP contribution in [-0.4, -0.2) is 186 Å². The number of nitrogens with two attached hydrogens (primary N) is 2. The van der Waals surface area contributed by atoms with Gasteiger partial charge in [0.15, 0.2) is 13.5 Å². The molecule has 0 bridgehead atoms. The SMILES string of the molecule is C.C1CCOC1.CC(C)(C)OC(=O)N(c1cscn1)S(=O)(=O)c1cc(Cl)c(F)cc1F.COC(=O)CCN.COC(=O)CCNC/C=C/c1cc(Cl)ccc1O.COC(=O)CCNCCCc1cc(Cl)ccc1O.NC(=O)CCNCCCc1cc(Cl)ccc1O.O=C/C=C/c1cc(Cl)ccc1O.O=CC=P(c1ccccc1)(c1ccccc1)c1ccccc1.O=Cc1cc(Cl)ccc1O.[2H]C(=O)OO[CH-]F.[CH3-].[K+].[K+].[Pd]. The van der Waals surface area contributed by atoms with Gasteiger partial charge < -0.3 is 98.2 Å². The van der Waals surface area contributed by atoms with Crippen LogP contribution >= 0.6 is 87.8 Å². The molecule has 45 heteroatoms. The van der Waals surface area contributed by atoms with E-state index in [-0.39, 0.29) is 213 Å². The number of carbonyl (C=O) groups excluding carboxylic acids is 9. The Hall–Kier alpha value is -7.80. The molecule has 10 aromatic rings. The standard InChI is InChI=1S/C20H17OP.C14H13ClF2N2O4S2.C13H18ClNO3.C13H16ClNO3.C12H17ClN2O2.C9H7ClO2.C7H5ClO2.C4H9NO2.C4H8O.C2H2FO3.CH4.CH3.2K.Pd/c21-16-17-22(18-10-4-1-5-11-18,19-12-6-2-7-13-19)20-14-8-3-9-15-20;1-14(2,3)23-13(20)19(12-6-24-7-18-12)25(21,22)11-4-8(15)9(16)5-10(11)17;2*1-18-13(17)6-8-15-7-2-3-10-9-11(14)4-5-12(10)16;13-10-3-4-11(16)9(8-10)2-1-6-15-7-5-12(14)17;10-8-3-4-9(12)7(6-8)2-1-5-11;8-6-1-2-7(10)5(3-6)4-9;1-7-4(6)2-3-5;1-2-4-5-3-1;3-1-5-6-2-4;;;;;/h1-17H;4-7H,1-3H3;4-5,9,15-16H,2-3,6-8H2,1H3;2-5,9,15-16H,6-8H2,1H3;3-4,8,15-16H,1-2,5-7H2,(H2,14,17);1-6,12H;1-4,10H;2-3,5H2,1H3;1-4H2;1-2H;1H4;1H3;;;/q;;;;;;;;;-1;;-1;2*+1;/b;;;3-2+;;2-1+;;;;;;;;;/i;;;;;;;;;2D;;;;;. The van der Waals surface area contributed by atoms with Crippen molar-refractivity contribution in [2.75, 3.05) is 84.7 Å². The van der Waals surface area contributed by atoms with Gasteiger partial charge in [-0.05, 0) is 228 Å². The first-order valence-corrected chi connectivity index (χ1v) is 48.7. The number of amides is 2. The Labute approximate surface area is 979 Å². The number of carbonyl (C=O) groups is 9. The molecule has 1 aliphatic rings. The monoisotopic (exact) mass is 2330 g/mol. The molecular weight excluding hydrogens is 2220 g/mol. The number of phenolic OH excluding ortho intramolecular Hbond substituents is 5. The quantitative estimate of drug-likeness (QED) is 0.00153. The fourth-order valence-electron chi connectivity index (χ4n) is 11.1. The second kappa shape index (κ2) is 84.0. The second-order valence-electron chi connectivity index (χ2n) is 29.0. The first-order valence-electron chi connectivity index (χ1n) is 42.7. The molecule has 9 aromatic carbocycles. The zero-order valence-corrected chi connectivity index (χ0v) is 95.2. The Morgan fingerprint density at radius 3 is 1.35 bits per heavy atom. The van der Waals surface area contributed by atoms with Crippen molar-refractivity contribution in [3.63, 3.8) is 0 Å². The number of rotatable bonds is 34. The van der Waals surface area contributed by atoms with Crippen molar-refractivity contribution >= 4 is 193 Å². The van der Waals surface area contributed by atoms with Crippen LogP contribution in [0.1, 0.15) is 114 Å². The maximum atomic E-state index is 14.1. The van der Waals surface area contributed by atoms with E-state index >= 15 is 0 Å². The summed E-state index contributed by atoms with van der Waals surface area (Å²) >= 11 is 35.3. The fourth-order valence-corrected chi connectivity index (χ4v) is 17.7. The number of benzene rings is 9. The Balaban J connectivity index is -0.000000785. The van der Waals surface area contributed by atoms with Gasteiger partial charge in [-0.15, -0.1) is 15.6 Å². The van der Waals surface area contributed by atoms with Gasteiger partial charge in [-0.3, -0.25) is 38.4 Å². The summed E-state index contributed by atoms with van der Waals surface area (Å²) in [5, 5.41) is 63.2. The number of ether oxygens (including phenoxy) is 5. The molecule has 30 nitrogen and oxygen atoms in total. The van der Waals surface area contributed by atoms with Gasteiger partial charge in [0.1, 0.15) is 63.5 Å². The summed E-state index contributed by atoms with van der Waals surface area (Å²) in [6.07, 6.45) is 13.0. The van der Waals surface area contributed by atoms with Crippen molar-refractivity contribution in [1.29, 1.82) is 0 Å². The van der Waals surface area contributed by atoms with Crippen LogP contribution in [0, 0.1) is 25.9 Å². The van der Waals surface area contributed by atoms with Gasteiger partial charge in [0.25, 0.3) is 10.0 Å². The molecule has 1 aliphatic heterocycles. The van der Waals surface area contributed by atoms with Gasteiger partial charge in [0.2, 0.25) is 5.91 Å². The van der Waals surface area contributed by atoms with Crippen molar-refractivity contribution in [1.82, 2.24) is 20.9 Å². The number of sulfonamides is 1. The molecule has 0 spiro atoms. The molecular formula is C100H119Cl6F3K2N7O23PPdS2. The van der Waals surface area contributed by atoms with Gasteiger partial charge in [-0.1, -0.05) is 180 Å². The maximum absolute atomic E-state index is 14.1. The molecule has 1 aromatic heterocycles. The molecule has 0 unspecified atom stereocenters. The molecule has 11 rings (SSSR count). The molecule has 12 N–H and O–H groups in total. The van der Waals surface area contributed by atoms with E-state index in [0.29, 0.717) is 119 Å². The van der Waals surface area contributed by atoms with E-state index < -0.39 is 56.6 Å². The van der Waals surface area contributed by atoms with E-state index in [1.165, 1.54) is 118 Å². The van der Waals surface area contributed by atoms with E-state index in [0.717, 1.165) is 80.7 Å². The Morgan fingerprint density at radius 1 is 0.579 bits per heavy atom. The molecule has 0 aliphatic carbocycles. The fraction of sp³-hybridized carbons (Fsp3) is 0.270. The van der Waals surface area contributed by atoms with Crippen LogP contribution < -0.4 is 150 Å². The van der Waals surface area contributed by atoms with E-state index in [2.05, 4.69) is 81.3 Å². The van der Waals surface area contributed by atoms with Crippen molar-refractivity contribution in [2.45, 2.75) is 103 Å². The normalized spacial score (nSPS) is 10.7. The van der Waals surface area contributed by atoms with Gasteiger partial charge in [-0.2, -0.15) is 0 Å². The third kappa shape index (κ3) is 60.6. The van der Waals surface area contributed by atoms with E-state index in [1.807, 2.05) is 66.5 Å². The van der Waals surface area contributed by atoms with E-state index in [4.69, 9.17) is 97.0 Å². The number of primary amides is 1. The van der Waals surface area contributed by atoms with E-state index in [1.54, 1.807) is 72.8 Å². The number of esters is 3. The molecule has 0 saturated carbocycles. The molecule has 1 saturated heterocycles. The molecule has 2 heterocycles. The Bertz CT molecular complexity index is 5630. The average molecular weight is 2340 g/mol. The second-order valence-corrected chi connectivity index (χ2v) is 37.4. The predicted molar refractivity (Wildman–Crippen MR) is 557 cm³/mol. The van der Waals surface area contributed by atoms with Crippen LogP contribution in [0.15, 0.2) is 222 Å². The van der Waals surface area contributed by atoms with Gasteiger partial charge in [0.05, 0.1) is 56.7 Å². The number of methoxy groups -OCH3 is 3. The summed E-state index contributed by atoms with van der Waals surface area (Å²) in [5.41, 5.74) is 13.4. The van der Waals surface area contributed by atoms with Crippen LogP contribution in [0.2, 0.25) is 30.1 Å². The number of thiazole rings is 1. The number of halogens is 9. The third-order valence-electron chi connectivity index (χ3n) is 17.7. The Kier molecular flexibility index (Phi) is 81.8. The number of phenols is 5. The van der Waals surface area contributed by atoms with Crippen LogP contribution in [-0.2, 0) is 110 Å². The first-order chi connectivity index (χ1) is 67.2. The maximum Gasteiger partial charge on any atom is 1.00 e. The number of nitrogens with one attached hydrogen (secondary N) is 3. The first kappa shape index (κ1) is 141. The summed E-state index contributed by atoms with van der Waals surface area (Å²) in [5.74, 6) is -1.16. The molecule has 784 valence electrons. The molecule has 1 fully saturated rings. The van der Waals surface area contributed by atoms with Crippen LogP contribution in [0.4, 0.5) is 23.8 Å². The van der Waals surface area contributed by atoms with Crippen molar-refractivity contribution in [2.24, 2.45) is 11.5 Å². The zero-order valence-electron chi connectivity index (χ0n) is 81.4. The summed E-state index contributed by atoms with van der Waals surface area (Å²) in [6.45, 7) is 8.49. The smallest absolute Gasteiger partial charge is 0.508 e. The van der Waals surface area contributed by atoms with Crippen LogP contribution in [0.5, 0.6) is 28.7 Å². The summed E-state index contributed by atoms with van der Waals surface area (Å²) < 4.78 is 93.1. The summed E-state index contributed by atoms with van der Waals surface area (Å²) in [4.78, 5) is 105. The zero-order chi connectivity index (χ0) is 105. The Morgan fingerprint density at radius 2 is 0.993 bits per heavy atom. The van der Waals surface area contributed by atoms with Crippen LogP contribution in [0.3, 0.4) is 0 Å². The predicted octanol–water partition coefficient (Wildman–Crippen LogP) is 12.7. The van der Waals surface area contributed by atoms with Crippen molar-refractivity contribution < 1.29 is 248 Å². The van der Waals surface area contributed by atoms with Crippen molar-refractivity contribution in [3.05, 3.63) is 301 Å². The third-order valence-corrected chi connectivity index (χ3v) is 25.3. The number of aryl methyl sites for hydroxylation is 2. The number of anilines is 1. The van der Waals surface area contributed by atoms with Crippen LogP contribution in [0.25, 0.3) is 12.2 Å². The largest absolute Gasteiger partial charge is 1.00 e. The number of aldehydes is 3. The van der Waals surface area contributed by atoms with Crippen molar-refractivity contribution in [3.8, 4) is 28.7 Å². The van der Waals surface area contributed by atoms with E-state index in [9.17, 15) is 85.2 Å². The minimum Gasteiger partial charge on any atom is -0.508 e. The minimum absolute atomic E-state index is 0. The number of nitrogens with zero attached hydrogens (tertiary/aromatic N) is 2. The van der Waals surface area contributed by atoms with Gasteiger partial charge >= 0.3 is 133 Å². The number of hydrogen-bond donors (Lipinski definition) is 10. The summed E-state index contributed by atoms with van der Waals surface area (Å²) in [6, 6.07) is 55.7. The molecule has 145 heavy (non-hydrogen) atoms. The minimum atomic E-state index is -4.79. The van der Waals surface area contributed by atoms with Gasteiger partial charge in [-0.25, -0.2) is 27.0 Å². The average Bonchev–Trinajstić information content (AvgIpc) is 0.887. The molecule has 2 amide bonds.